The smallest absolute Gasteiger partial charge is 0.308 e. The molecule has 0 aliphatic carbocycles. The van der Waals surface area contributed by atoms with Gasteiger partial charge < -0.3 is 33.2 Å². The van der Waals surface area contributed by atoms with Gasteiger partial charge in [0.05, 0.1) is 26.4 Å². The van der Waals surface area contributed by atoms with Crippen molar-refractivity contribution in [3.63, 3.8) is 0 Å². The lowest BCUT2D eigenvalue weighted by atomic mass is 10.4. The second-order valence-electron chi connectivity index (χ2n) is 4.41. The molecule has 0 saturated carbocycles. The second-order valence-corrected chi connectivity index (χ2v) is 5.39. The Morgan fingerprint density at radius 1 is 1.00 bits per heavy atom. The number of rotatable bonds is 13. The topological polar surface area (TPSA) is 105 Å². The van der Waals surface area contributed by atoms with Crippen molar-refractivity contribution in [1.29, 1.82) is 5.26 Å². The van der Waals surface area contributed by atoms with Crippen molar-refractivity contribution in [2.45, 2.75) is 6.92 Å². The number of nitriles is 1. The minimum absolute atomic E-state index is 0.115. The number of carbonyl (C=O) groups excluding carboxylic acids is 1. The van der Waals surface area contributed by atoms with E-state index in [0.717, 1.165) is 11.3 Å². The molecule has 1 rings (SSSR count). The molecule has 1 aromatic rings. The molecule has 140 valence electrons. The molecule has 0 radical (unpaired) electrons. The Morgan fingerprint density at radius 2 is 1.56 bits per heavy atom. The molecule has 1 heterocycles. The average molecular weight is 375 g/mol. The van der Waals surface area contributed by atoms with Crippen LogP contribution in [0, 0.1) is 11.3 Å². The molecule has 0 bridgehead atoms. The molecule has 10 heteroatoms. The van der Waals surface area contributed by atoms with Gasteiger partial charge in [-0.1, -0.05) is 11.3 Å². The number of ether oxygens (including phenoxy) is 7. The highest BCUT2D eigenvalue weighted by Crippen LogP contribution is 2.48. The third-order valence-electron chi connectivity index (χ3n) is 2.57. The molecule has 0 spiro atoms. The fourth-order valence-electron chi connectivity index (χ4n) is 1.51. The SMILES string of the molecule is COCCOCOc1c(C#N)sc(OC(C)=O)c1OCOCCOC. The first-order valence-electron chi connectivity index (χ1n) is 7.28. The lowest BCUT2D eigenvalue weighted by Gasteiger charge is -2.11. The molecule has 25 heavy (non-hydrogen) atoms. The molecular formula is C15H21NO8S. The first-order valence-corrected chi connectivity index (χ1v) is 8.09. The van der Waals surface area contributed by atoms with E-state index in [0.29, 0.717) is 26.4 Å². The Morgan fingerprint density at radius 3 is 2.04 bits per heavy atom. The van der Waals surface area contributed by atoms with Gasteiger partial charge in [-0.05, 0) is 0 Å². The summed E-state index contributed by atoms with van der Waals surface area (Å²) >= 11 is 0.936. The molecule has 0 saturated heterocycles. The van der Waals surface area contributed by atoms with Gasteiger partial charge in [0, 0.05) is 21.1 Å². The normalized spacial score (nSPS) is 10.3. The predicted octanol–water partition coefficient (Wildman–Crippen LogP) is 1.54. The van der Waals surface area contributed by atoms with Crippen molar-refractivity contribution in [2.75, 3.05) is 54.2 Å². The zero-order chi connectivity index (χ0) is 18.5. The monoisotopic (exact) mass is 375 g/mol. The first kappa shape index (κ1) is 21.1. The van der Waals surface area contributed by atoms with Crippen LogP contribution in [-0.2, 0) is 23.7 Å². The standard InChI is InChI=1S/C15H21NO8S/c1-11(17)24-15-14(23-10-21-7-5-19-3)13(12(8-16)25-15)22-9-20-6-4-18-2/h4-7,9-10H2,1-3H3. The summed E-state index contributed by atoms with van der Waals surface area (Å²) in [7, 11) is 3.11. The van der Waals surface area contributed by atoms with Crippen molar-refractivity contribution in [3.05, 3.63) is 4.88 Å². The average Bonchev–Trinajstić information content (AvgIpc) is 2.90. The predicted molar refractivity (Wildman–Crippen MR) is 87.0 cm³/mol. The summed E-state index contributed by atoms with van der Waals surface area (Å²) in [6.45, 7) is 2.48. The van der Waals surface area contributed by atoms with Crippen molar-refractivity contribution in [1.82, 2.24) is 0 Å². The molecular weight excluding hydrogens is 354 g/mol. The molecule has 0 amide bonds. The van der Waals surface area contributed by atoms with Gasteiger partial charge in [-0.25, -0.2) is 0 Å². The van der Waals surface area contributed by atoms with Crippen LogP contribution in [0.5, 0.6) is 16.6 Å². The number of nitrogens with zero attached hydrogens (tertiary/aromatic N) is 1. The Kier molecular flexibility index (Phi) is 10.5. The number of thiophene rings is 1. The van der Waals surface area contributed by atoms with E-state index in [-0.39, 0.29) is 35.0 Å². The van der Waals surface area contributed by atoms with Gasteiger partial charge >= 0.3 is 5.97 Å². The van der Waals surface area contributed by atoms with E-state index < -0.39 is 5.97 Å². The van der Waals surface area contributed by atoms with Crippen LogP contribution in [0.4, 0.5) is 0 Å². The Hall–Kier alpha value is -1.90. The third-order valence-corrected chi connectivity index (χ3v) is 3.50. The van der Waals surface area contributed by atoms with E-state index in [2.05, 4.69) is 0 Å². The highest BCUT2D eigenvalue weighted by Gasteiger charge is 2.24. The maximum absolute atomic E-state index is 11.2. The highest BCUT2D eigenvalue weighted by molar-refractivity contribution is 7.15. The largest absolute Gasteiger partial charge is 0.461 e. The Labute approximate surface area is 149 Å². The van der Waals surface area contributed by atoms with Gasteiger partial charge in [-0.3, -0.25) is 4.79 Å². The van der Waals surface area contributed by atoms with Crippen molar-refractivity contribution < 1.29 is 38.0 Å². The number of carbonyl (C=O) groups is 1. The highest BCUT2D eigenvalue weighted by atomic mass is 32.1. The van der Waals surface area contributed by atoms with Crippen LogP contribution in [0.25, 0.3) is 0 Å². The van der Waals surface area contributed by atoms with Crippen LogP contribution in [0.3, 0.4) is 0 Å². The van der Waals surface area contributed by atoms with E-state index >= 15 is 0 Å². The molecule has 0 fully saturated rings. The summed E-state index contributed by atoms with van der Waals surface area (Å²) in [5.74, 6) is -0.292. The van der Waals surface area contributed by atoms with Crippen LogP contribution < -0.4 is 14.2 Å². The Balaban J connectivity index is 2.80. The zero-order valence-corrected chi connectivity index (χ0v) is 15.2. The van der Waals surface area contributed by atoms with E-state index in [9.17, 15) is 10.1 Å². The number of hydrogen-bond acceptors (Lipinski definition) is 10. The number of hydrogen-bond donors (Lipinski definition) is 0. The van der Waals surface area contributed by atoms with Crippen LogP contribution >= 0.6 is 11.3 Å². The zero-order valence-electron chi connectivity index (χ0n) is 14.4. The van der Waals surface area contributed by atoms with E-state index in [1.165, 1.54) is 6.92 Å². The molecule has 1 aromatic heterocycles. The van der Waals surface area contributed by atoms with E-state index in [1.54, 1.807) is 14.2 Å². The maximum Gasteiger partial charge on any atom is 0.308 e. The van der Waals surface area contributed by atoms with Gasteiger partial charge in [0.25, 0.3) is 0 Å². The van der Waals surface area contributed by atoms with Crippen molar-refractivity contribution in [2.24, 2.45) is 0 Å². The molecule has 0 aromatic carbocycles. The van der Waals surface area contributed by atoms with E-state index in [1.807, 2.05) is 6.07 Å². The first-order chi connectivity index (χ1) is 12.1. The van der Waals surface area contributed by atoms with Crippen LogP contribution in [0.15, 0.2) is 0 Å². The quantitative estimate of drug-likeness (QED) is 0.288. The summed E-state index contributed by atoms with van der Waals surface area (Å²) in [4.78, 5) is 11.4. The molecule has 0 atom stereocenters. The van der Waals surface area contributed by atoms with Crippen molar-refractivity contribution >= 4 is 17.3 Å². The summed E-state index contributed by atoms with van der Waals surface area (Å²) in [6, 6.07) is 1.97. The van der Waals surface area contributed by atoms with Gasteiger partial charge in [-0.15, -0.1) is 0 Å². The van der Waals surface area contributed by atoms with Crippen LogP contribution in [0.1, 0.15) is 11.8 Å². The molecule has 0 aliphatic heterocycles. The lowest BCUT2D eigenvalue weighted by molar-refractivity contribution is -0.131. The van der Waals surface area contributed by atoms with E-state index in [4.69, 9.17) is 33.2 Å². The molecule has 0 unspecified atom stereocenters. The van der Waals surface area contributed by atoms with Crippen LogP contribution in [-0.4, -0.2) is 60.2 Å². The molecule has 0 N–H and O–H groups in total. The summed E-state index contributed by atoms with van der Waals surface area (Å²) in [6.07, 6.45) is 0. The van der Waals surface area contributed by atoms with Crippen LogP contribution in [0.2, 0.25) is 0 Å². The molecule has 9 nitrogen and oxygen atoms in total. The third kappa shape index (κ3) is 7.68. The fraction of sp³-hybridized carbons (Fsp3) is 0.600. The summed E-state index contributed by atoms with van der Waals surface area (Å²) < 4.78 is 36.2. The van der Waals surface area contributed by atoms with Crippen molar-refractivity contribution in [3.8, 4) is 22.6 Å². The van der Waals surface area contributed by atoms with Gasteiger partial charge in [0.2, 0.25) is 10.8 Å². The number of methoxy groups -OCH3 is 2. The second kappa shape index (κ2) is 12.5. The van der Waals surface area contributed by atoms with Gasteiger partial charge in [0.15, 0.2) is 24.2 Å². The minimum atomic E-state index is -0.543. The van der Waals surface area contributed by atoms with Gasteiger partial charge in [-0.2, -0.15) is 5.26 Å². The Bertz CT molecular complexity index is 569. The lowest BCUT2D eigenvalue weighted by Crippen LogP contribution is -2.11. The molecule has 0 aliphatic rings. The maximum atomic E-state index is 11.2. The summed E-state index contributed by atoms with van der Waals surface area (Å²) in [5.41, 5.74) is 0. The minimum Gasteiger partial charge on any atom is -0.461 e. The summed E-state index contributed by atoms with van der Waals surface area (Å²) in [5, 5.41) is 9.37. The number of esters is 1. The van der Waals surface area contributed by atoms with Gasteiger partial charge in [0.1, 0.15) is 6.07 Å². The fourth-order valence-corrected chi connectivity index (χ4v) is 2.39.